The number of rotatable bonds is 6. The normalized spacial score (nSPS) is 12.2. The molecule has 0 aliphatic carbocycles. The predicted octanol–water partition coefficient (Wildman–Crippen LogP) is 1.94. The van der Waals surface area contributed by atoms with Crippen LogP contribution in [0.1, 0.15) is 18.9 Å². The van der Waals surface area contributed by atoms with Crippen molar-refractivity contribution in [1.29, 1.82) is 0 Å². The number of aryl methyl sites for hydroxylation is 1. The summed E-state index contributed by atoms with van der Waals surface area (Å²) < 4.78 is 0. The van der Waals surface area contributed by atoms with Gasteiger partial charge < -0.3 is 11.1 Å². The van der Waals surface area contributed by atoms with Crippen LogP contribution in [0.4, 0.5) is 0 Å². The molecule has 1 unspecified atom stereocenters. The van der Waals surface area contributed by atoms with Crippen molar-refractivity contribution < 1.29 is 4.79 Å². The van der Waals surface area contributed by atoms with Crippen molar-refractivity contribution in [2.45, 2.75) is 31.2 Å². The maximum absolute atomic E-state index is 11.5. The van der Waals surface area contributed by atoms with E-state index in [4.69, 9.17) is 5.73 Å². The van der Waals surface area contributed by atoms with Crippen LogP contribution in [0.15, 0.2) is 29.2 Å². The molecule has 0 fully saturated rings. The van der Waals surface area contributed by atoms with Crippen LogP contribution in [-0.2, 0) is 4.79 Å². The monoisotopic (exact) mass is 252 g/mol. The third-order valence-electron chi connectivity index (χ3n) is 2.37. The molecule has 1 aromatic rings. The maximum atomic E-state index is 11.5. The van der Waals surface area contributed by atoms with E-state index < -0.39 is 0 Å². The van der Waals surface area contributed by atoms with Crippen LogP contribution in [-0.4, -0.2) is 24.2 Å². The Labute approximate surface area is 107 Å². The number of nitrogens with one attached hydrogen (secondary N) is 1. The average Bonchev–Trinajstić information content (AvgIpc) is 2.27. The highest BCUT2D eigenvalue weighted by molar-refractivity contribution is 8.00. The van der Waals surface area contributed by atoms with Crippen LogP contribution >= 0.6 is 11.8 Å². The lowest BCUT2D eigenvalue weighted by atomic mass is 10.2. The molecule has 0 aliphatic heterocycles. The fraction of sp³-hybridized carbons (Fsp3) is 0.462. The molecule has 0 heterocycles. The zero-order valence-electron chi connectivity index (χ0n) is 10.4. The van der Waals surface area contributed by atoms with E-state index in [1.54, 1.807) is 11.8 Å². The summed E-state index contributed by atoms with van der Waals surface area (Å²) in [5, 5.41) is 2.86. The van der Waals surface area contributed by atoms with Crippen LogP contribution in [0.25, 0.3) is 0 Å². The molecular weight excluding hydrogens is 232 g/mol. The zero-order valence-corrected chi connectivity index (χ0v) is 11.2. The van der Waals surface area contributed by atoms with E-state index in [2.05, 4.69) is 18.3 Å². The molecule has 1 aromatic carbocycles. The van der Waals surface area contributed by atoms with E-state index in [1.807, 2.05) is 25.1 Å². The molecule has 0 aliphatic rings. The van der Waals surface area contributed by atoms with Crippen molar-refractivity contribution in [3.05, 3.63) is 29.8 Å². The second-order valence-corrected chi connectivity index (χ2v) is 5.19. The van der Waals surface area contributed by atoms with Crippen molar-refractivity contribution >= 4 is 17.7 Å². The quantitative estimate of drug-likeness (QED) is 0.761. The minimum absolute atomic E-state index is 0.0684. The first-order chi connectivity index (χ1) is 8.09. The van der Waals surface area contributed by atoms with Crippen molar-refractivity contribution in [2.75, 3.05) is 12.3 Å². The van der Waals surface area contributed by atoms with Crippen LogP contribution < -0.4 is 11.1 Å². The predicted molar refractivity (Wildman–Crippen MR) is 73.2 cm³/mol. The molecular formula is C13H20N2OS. The van der Waals surface area contributed by atoms with Gasteiger partial charge in [-0.2, -0.15) is 0 Å². The van der Waals surface area contributed by atoms with E-state index >= 15 is 0 Å². The molecule has 1 rings (SSSR count). The Kier molecular flexibility index (Phi) is 6.08. The summed E-state index contributed by atoms with van der Waals surface area (Å²) in [5.41, 5.74) is 6.82. The molecule has 94 valence electrons. The fourth-order valence-corrected chi connectivity index (χ4v) is 2.21. The Balaban J connectivity index is 2.26. The molecule has 3 N–H and O–H groups in total. The Morgan fingerprint density at radius 1 is 1.47 bits per heavy atom. The molecule has 0 saturated carbocycles. The minimum Gasteiger partial charge on any atom is -0.355 e. The molecule has 0 radical (unpaired) electrons. The van der Waals surface area contributed by atoms with Crippen molar-refractivity contribution in [3.63, 3.8) is 0 Å². The largest absolute Gasteiger partial charge is 0.355 e. The molecule has 4 heteroatoms. The zero-order chi connectivity index (χ0) is 12.7. The number of carbonyl (C=O) groups is 1. The Hall–Kier alpha value is -1.00. The third kappa shape index (κ3) is 5.75. The van der Waals surface area contributed by atoms with E-state index in [0.29, 0.717) is 12.3 Å². The maximum Gasteiger partial charge on any atom is 0.230 e. The van der Waals surface area contributed by atoms with Gasteiger partial charge in [0.15, 0.2) is 0 Å². The lowest BCUT2D eigenvalue weighted by molar-refractivity contribution is -0.118. The van der Waals surface area contributed by atoms with Gasteiger partial charge in [-0.05, 0) is 31.9 Å². The van der Waals surface area contributed by atoms with Gasteiger partial charge in [-0.1, -0.05) is 18.2 Å². The number of hydrogen-bond acceptors (Lipinski definition) is 3. The van der Waals surface area contributed by atoms with Gasteiger partial charge in [-0.15, -0.1) is 11.8 Å². The smallest absolute Gasteiger partial charge is 0.230 e. The third-order valence-corrected chi connectivity index (χ3v) is 3.55. The highest BCUT2D eigenvalue weighted by Gasteiger charge is 2.04. The summed E-state index contributed by atoms with van der Waals surface area (Å²) in [4.78, 5) is 12.7. The summed E-state index contributed by atoms with van der Waals surface area (Å²) in [6.45, 7) is 4.65. The topological polar surface area (TPSA) is 55.1 Å². The van der Waals surface area contributed by atoms with Gasteiger partial charge in [-0.3, -0.25) is 4.79 Å². The van der Waals surface area contributed by atoms with E-state index in [0.717, 1.165) is 11.3 Å². The van der Waals surface area contributed by atoms with E-state index in [-0.39, 0.29) is 11.9 Å². The lowest BCUT2D eigenvalue weighted by Gasteiger charge is -2.08. The molecule has 0 spiro atoms. The number of hydrogen-bond donors (Lipinski definition) is 2. The molecule has 0 bridgehead atoms. The first kappa shape index (κ1) is 14.1. The van der Waals surface area contributed by atoms with Gasteiger partial charge in [0.25, 0.3) is 0 Å². The second kappa shape index (κ2) is 7.35. The van der Waals surface area contributed by atoms with Gasteiger partial charge >= 0.3 is 0 Å². The molecule has 3 nitrogen and oxygen atoms in total. The Bertz CT molecular complexity index is 366. The number of carbonyl (C=O) groups excluding carboxylic acids is 1. The first-order valence-corrected chi connectivity index (χ1v) is 6.79. The van der Waals surface area contributed by atoms with Crippen molar-refractivity contribution in [3.8, 4) is 0 Å². The van der Waals surface area contributed by atoms with Crippen molar-refractivity contribution in [2.24, 2.45) is 5.73 Å². The van der Waals surface area contributed by atoms with Crippen LogP contribution in [0.5, 0.6) is 0 Å². The molecule has 0 saturated heterocycles. The number of amides is 1. The van der Waals surface area contributed by atoms with E-state index in [9.17, 15) is 4.79 Å². The minimum atomic E-state index is 0.0684. The first-order valence-electron chi connectivity index (χ1n) is 5.80. The molecule has 17 heavy (non-hydrogen) atoms. The highest BCUT2D eigenvalue weighted by atomic mass is 32.2. The summed E-state index contributed by atoms with van der Waals surface area (Å²) in [6.07, 6.45) is 0.820. The highest BCUT2D eigenvalue weighted by Crippen LogP contribution is 2.21. The summed E-state index contributed by atoms with van der Waals surface area (Å²) in [5.74, 6) is 0.531. The Morgan fingerprint density at radius 3 is 2.82 bits per heavy atom. The second-order valence-electron chi connectivity index (χ2n) is 4.17. The van der Waals surface area contributed by atoms with Gasteiger partial charge in [-0.25, -0.2) is 0 Å². The average molecular weight is 252 g/mol. The summed E-state index contributed by atoms with van der Waals surface area (Å²) in [7, 11) is 0. The standard InChI is InChI=1S/C13H20N2OS/c1-10-5-3-4-6-12(10)17-9-13(16)15-8-7-11(2)14/h3-6,11H,7-9,14H2,1-2H3,(H,15,16). The van der Waals surface area contributed by atoms with Crippen LogP contribution in [0.3, 0.4) is 0 Å². The SMILES string of the molecule is Cc1ccccc1SCC(=O)NCCC(C)N. The van der Waals surface area contributed by atoms with Gasteiger partial charge in [0, 0.05) is 17.5 Å². The molecule has 1 atom stereocenters. The Morgan fingerprint density at radius 2 is 2.18 bits per heavy atom. The van der Waals surface area contributed by atoms with Gasteiger partial charge in [0.05, 0.1) is 5.75 Å². The lowest BCUT2D eigenvalue weighted by Crippen LogP contribution is -2.30. The van der Waals surface area contributed by atoms with Gasteiger partial charge in [0.1, 0.15) is 0 Å². The number of benzene rings is 1. The van der Waals surface area contributed by atoms with Crippen molar-refractivity contribution in [1.82, 2.24) is 5.32 Å². The summed E-state index contributed by atoms with van der Waals surface area (Å²) >= 11 is 1.57. The number of thioether (sulfide) groups is 1. The number of nitrogens with two attached hydrogens (primary N) is 1. The molecule has 1 amide bonds. The van der Waals surface area contributed by atoms with Crippen LogP contribution in [0.2, 0.25) is 0 Å². The van der Waals surface area contributed by atoms with Crippen LogP contribution in [0, 0.1) is 6.92 Å². The van der Waals surface area contributed by atoms with Gasteiger partial charge in [0.2, 0.25) is 5.91 Å². The molecule has 0 aromatic heterocycles. The van der Waals surface area contributed by atoms with E-state index in [1.165, 1.54) is 5.56 Å². The fourth-order valence-electron chi connectivity index (χ4n) is 1.35. The summed E-state index contributed by atoms with van der Waals surface area (Å²) in [6, 6.07) is 8.22.